The van der Waals surface area contributed by atoms with Crippen LogP contribution in [0.5, 0.6) is 0 Å². The minimum absolute atomic E-state index is 0.133. The van der Waals surface area contributed by atoms with Gasteiger partial charge in [-0.3, -0.25) is 0 Å². The molecule has 2 nitrogen and oxygen atoms in total. The number of rotatable bonds is 0. The average Bonchev–Trinajstić information content (AvgIpc) is 2.57. The van der Waals surface area contributed by atoms with E-state index in [1.54, 1.807) is 5.57 Å². The van der Waals surface area contributed by atoms with Gasteiger partial charge in [-0.2, -0.15) is 0 Å². The van der Waals surface area contributed by atoms with Crippen molar-refractivity contribution in [2.45, 2.75) is 53.1 Å². The van der Waals surface area contributed by atoms with E-state index in [-0.39, 0.29) is 11.0 Å². The molecule has 2 rings (SSSR count). The summed E-state index contributed by atoms with van der Waals surface area (Å²) in [6, 6.07) is 0.355. The molecule has 2 atom stereocenters. The van der Waals surface area contributed by atoms with Crippen molar-refractivity contribution in [1.82, 2.24) is 0 Å². The van der Waals surface area contributed by atoms with Crippen molar-refractivity contribution in [1.29, 1.82) is 0 Å². The summed E-state index contributed by atoms with van der Waals surface area (Å²) in [5, 5.41) is 4.85. The lowest BCUT2D eigenvalue weighted by Crippen LogP contribution is -2.34. The molecule has 2 heteroatoms. The maximum absolute atomic E-state index is 4.85. The Balaban J connectivity index is 2.28. The Morgan fingerprint density at radius 2 is 1.82 bits per heavy atom. The third kappa shape index (κ3) is 2.36. The van der Waals surface area contributed by atoms with E-state index in [0.29, 0.717) is 12.0 Å². The van der Waals surface area contributed by atoms with Gasteiger partial charge in [0.15, 0.2) is 12.1 Å². The van der Waals surface area contributed by atoms with Gasteiger partial charge in [0.05, 0.1) is 5.92 Å². The quantitative estimate of drug-likeness (QED) is 0.566. The Kier molecular flexibility index (Phi) is 2.80. The summed E-state index contributed by atoms with van der Waals surface area (Å²) in [6.45, 7) is 14.7. The highest BCUT2D eigenvalue weighted by Gasteiger charge is 2.44. The topological polar surface area (TPSA) is 15.4 Å². The molecule has 0 N–H and O–H groups in total. The molecule has 2 aliphatic rings. The average molecular weight is 233 g/mol. The SMILES string of the molecule is CC(C)(C)C1=CC=CC2N=[N+](C(C)(C)C)CC12. The van der Waals surface area contributed by atoms with Gasteiger partial charge in [-0.15, -0.1) is 4.70 Å². The largest absolute Gasteiger partial charge is 0.179 e. The zero-order chi connectivity index (χ0) is 12.8. The van der Waals surface area contributed by atoms with Crippen LogP contribution in [0, 0.1) is 11.3 Å². The van der Waals surface area contributed by atoms with Crippen LogP contribution in [-0.2, 0) is 0 Å². The van der Waals surface area contributed by atoms with Crippen molar-refractivity contribution in [3.8, 4) is 0 Å². The Hall–Kier alpha value is -0.920. The fourth-order valence-corrected chi connectivity index (χ4v) is 2.69. The van der Waals surface area contributed by atoms with Gasteiger partial charge in [-0.25, -0.2) is 0 Å². The van der Waals surface area contributed by atoms with Gasteiger partial charge in [-0.1, -0.05) is 44.6 Å². The van der Waals surface area contributed by atoms with E-state index in [4.69, 9.17) is 5.11 Å². The van der Waals surface area contributed by atoms with E-state index < -0.39 is 0 Å². The fourth-order valence-electron chi connectivity index (χ4n) is 2.69. The lowest BCUT2D eigenvalue weighted by atomic mass is 9.74. The first-order chi connectivity index (χ1) is 7.69. The van der Waals surface area contributed by atoms with Crippen molar-refractivity contribution in [2.75, 3.05) is 6.54 Å². The highest BCUT2D eigenvalue weighted by molar-refractivity contribution is 5.29. The Morgan fingerprint density at radius 3 is 2.35 bits per heavy atom. The second-order valence-corrected chi connectivity index (χ2v) is 7.22. The van der Waals surface area contributed by atoms with Crippen molar-refractivity contribution >= 4 is 0 Å². The van der Waals surface area contributed by atoms with Gasteiger partial charge in [0.2, 0.25) is 0 Å². The summed E-state index contributed by atoms with van der Waals surface area (Å²) in [7, 11) is 0. The minimum Gasteiger partial charge on any atom is -0.122 e. The maximum atomic E-state index is 4.85. The van der Waals surface area contributed by atoms with Crippen LogP contribution in [0.3, 0.4) is 0 Å². The van der Waals surface area contributed by atoms with E-state index in [2.05, 4.69) is 64.5 Å². The molecular formula is C15H25N2+. The van der Waals surface area contributed by atoms with Crippen LogP contribution in [0.15, 0.2) is 28.9 Å². The van der Waals surface area contributed by atoms with Gasteiger partial charge < -0.3 is 0 Å². The number of hydrogen-bond acceptors (Lipinski definition) is 1. The second kappa shape index (κ2) is 3.79. The fraction of sp³-hybridized carbons (Fsp3) is 0.733. The molecule has 0 aromatic carbocycles. The number of azo groups is 2. The number of hydrogen-bond donors (Lipinski definition) is 0. The number of allylic oxidation sites excluding steroid dienone is 2. The molecule has 0 saturated carbocycles. The Morgan fingerprint density at radius 1 is 1.18 bits per heavy atom. The van der Waals surface area contributed by atoms with Crippen LogP contribution in [0.4, 0.5) is 0 Å². The second-order valence-electron chi connectivity index (χ2n) is 7.22. The standard InChI is InChI=1S/C15H25N2/c1-14(2,3)12-8-7-9-13-11(12)10-17(16-13)15(4,5)6/h7-9,11,13H,10H2,1-6H3/q+1. The summed E-state index contributed by atoms with van der Waals surface area (Å²) in [5.41, 5.74) is 1.92. The highest BCUT2D eigenvalue weighted by atomic mass is 15.3. The molecule has 1 aliphatic carbocycles. The van der Waals surface area contributed by atoms with Crippen LogP contribution in [0.25, 0.3) is 0 Å². The Bertz CT molecular complexity index is 400. The van der Waals surface area contributed by atoms with Crippen molar-refractivity contribution in [3.05, 3.63) is 23.8 Å². The predicted molar refractivity (Wildman–Crippen MR) is 71.3 cm³/mol. The molecule has 0 spiro atoms. The molecule has 2 unspecified atom stereocenters. The van der Waals surface area contributed by atoms with Crippen LogP contribution in [-0.4, -0.2) is 22.8 Å². The van der Waals surface area contributed by atoms with Gasteiger partial charge in [0.25, 0.3) is 0 Å². The zero-order valence-corrected chi connectivity index (χ0v) is 12.0. The van der Waals surface area contributed by atoms with Crippen molar-refractivity contribution in [2.24, 2.45) is 16.4 Å². The summed E-state index contributed by atoms with van der Waals surface area (Å²) >= 11 is 0. The van der Waals surface area contributed by atoms with Crippen molar-refractivity contribution in [3.63, 3.8) is 0 Å². The van der Waals surface area contributed by atoms with Gasteiger partial charge in [-0.05, 0) is 10.5 Å². The molecule has 1 heterocycles. The van der Waals surface area contributed by atoms with E-state index >= 15 is 0 Å². The maximum Gasteiger partial charge on any atom is 0.179 e. The third-order valence-electron chi connectivity index (χ3n) is 3.68. The molecule has 0 fully saturated rings. The monoisotopic (exact) mass is 233 g/mol. The van der Waals surface area contributed by atoms with Gasteiger partial charge >= 0.3 is 0 Å². The Labute approximate surface area is 105 Å². The molecule has 1 aliphatic heterocycles. The first-order valence-corrected chi connectivity index (χ1v) is 6.57. The van der Waals surface area contributed by atoms with Crippen LogP contribution >= 0.6 is 0 Å². The number of fused-ring (bicyclic) bond motifs is 1. The van der Waals surface area contributed by atoms with Crippen molar-refractivity contribution < 1.29 is 4.70 Å². The molecule has 0 aromatic heterocycles. The van der Waals surface area contributed by atoms with Crippen LogP contribution in [0.2, 0.25) is 0 Å². The smallest absolute Gasteiger partial charge is 0.122 e. The summed E-state index contributed by atoms with van der Waals surface area (Å²) < 4.78 is 2.26. The third-order valence-corrected chi connectivity index (χ3v) is 3.68. The predicted octanol–water partition coefficient (Wildman–Crippen LogP) is 3.79. The lowest BCUT2D eigenvalue weighted by Gasteiger charge is -2.29. The zero-order valence-electron chi connectivity index (χ0n) is 12.0. The van der Waals surface area contributed by atoms with Crippen LogP contribution < -0.4 is 0 Å². The first kappa shape index (κ1) is 12.5. The van der Waals surface area contributed by atoms with Gasteiger partial charge in [0.1, 0.15) is 6.04 Å². The summed E-state index contributed by atoms with van der Waals surface area (Å²) in [4.78, 5) is 0. The molecule has 0 bridgehead atoms. The first-order valence-electron chi connectivity index (χ1n) is 6.57. The van der Waals surface area contributed by atoms with Crippen LogP contribution in [0.1, 0.15) is 41.5 Å². The minimum atomic E-state index is 0.133. The molecule has 0 amide bonds. The molecule has 17 heavy (non-hydrogen) atoms. The van der Waals surface area contributed by atoms with E-state index in [1.807, 2.05) is 0 Å². The molecular weight excluding hydrogens is 208 g/mol. The summed E-state index contributed by atoms with van der Waals surface area (Å²) in [6.07, 6.45) is 6.71. The van der Waals surface area contributed by atoms with E-state index in [1.165, 1.54) is 0 Å². The highest BCUT2D eigenvalue weighted by Crippen LogP contribution is 2.40. The molecule has 0 radical (unpaired) electrons. The lowest BCUT2D eigenvalue weighted by molar-refractivity contribution is -0.647. The van der Waals surface area contributed by atoms with Gasteiger partial charge in [0, 0.05) is 20.8 Å². The normalized spacial score (nSPS) is 28.8. The molecule has 0 saturated heterocycles. The summed E-state index contributed by atoms with van der Waals surface area (Å²) in [5.74, 6) is 0.569. The molecule has 94 valence electrons. The number of nitrogens with zero attached hydrogens (tertiary/aromatic N) is 2. The van der Waals surface area contributed by atoms with E-state index in [0.717, 1.165) is 6.54 Å². The van der Waals surface area contributed by atoms with E-state index in [9.17, 15) is 0 Å². The molecule has 0 aromatic rings.